The first-order valence-corrected chi connectivity index (χ1v) is 5.59. The second kappa shape index (κ2) is 4.67. The number of carbonyl (C=O) groups is 1. The molecule has 2 rings (SSSR count). The molecule has 0 amide bonds. The zero-order valence-corrected chi connectivity index (χ0v) is 9.97. The van der Waals surface area contributed by atoms with E-state index in [1.54, 1.807) is 0 Å². The van der Waals surface area contributed by atoms with Crippen LogP contribution in [-0.2, 0) is 4.79 Å². The summed E-state index contributed by atoms with van der Waals surface area (Å²) in [5, 5.41) is 11.9. The average Bonchev–Trinajstić information content (AvgIpc) is 2.28. The first-order valence-electron chi connectivity index (χ1n) is 5.59. The van der Waals surface area contributed by atoms with E-state index in [1.165, 1.54) is 0 Å². The fourth-order valence-electron chi connectivity index (χ4n) is 1.95. The Labute approximate surface area is 99.7 Å². The maximum absolute atomic E-state index is 10.9. The lowest BCUT2D eigenvalue weighted by molar-refractivity contribution is -0.139. The van der Waals surface area contributed by atoms with Gasteiger partial charge in [-0.3, -0.25) is 4.79 Å². The van der Waals surface area contributed by atoms with E-state index in [0.29, 0.717) is 19.0 Å². The summed E-state index contributed by atoms with van der Waals surface area (Å²) in [7, 11) is 0. The third-order valence-electron chi connectivity index (χ3n) is 2.73. The standard InChI is InChI=1S/C11H16N4O2/c1-7-5-8(2)14-11(13-7)15-4-3-12-9(6-15)10(16)17/h5,9,12H,3-4,6H2,1-2H3,(H,16,17). The van der Waals surface area contributed by atoms with Crippen molar-refractivity contribution in [2.75, 3.05) is 24.5 Å². The van der Waals surface area contributed by atoms with Gasteiger partial charge in [0.15, 0.2) is 0 Å². The maximum atomic E-state index is 10.9. The predicted molar refractivity (Wildman–Crippen MR) is 63.1 cm³/mol. The maximum Gasteiger partial charge on any atom is 0.322 e. The van der Waals surface area contributed by atoms with Crippen LogP contribution >= 0.6 is 0 Å². The topological polar surface area (TPSA) is 78.4 Å². The molecule has 0 bridgehead atoms. The minimum absolute atomic E-state index is 0.401. The van der Waals surface area contributed by atoms with E-state index in [1.807, 2.05) is 24.8 Å². The highest BCUT2D eigenvalue weighted by Crippen LogP contribution is 2.12. The second-order valence-corrected chi connectivity index (χ2v) is 4.24. The Hall–Kier alpha value is -1.69. The van der Waals surface area contributed by atoms with E-state index < -0.39 is 12.0 Å². The molecule has 1 unspecified atom stereocenters. The van der Waals surface area contributed by atoms with E-state index in [9.17, 15) is 4.79 Å². The molecule has 1 aliphatic rings. The molecule has 1 aliphatic heterocycles. The number of carboxylic acid groups (broad SMARTS) is 1. The Kier molecular flexibility index (Phi) is 3.23. The van der Waals surface area contributed by atoms with Crippen molar-refractivity contribution >= 4 is 11.9 Å². The van der Waals surface area contributed by atoms with Crippen molar-refractivity contribution in [3.63, 3.8) is 0 Å². The number of hydrogen-bond acceptors (Lipinski definition) is 5. The van der Waals surface area contributed by atoms with Gasteiger partial charge in [0.2, 0.25) is 5.95 Å². The SMILES string of the molecule is Cc1cc(C)nc(N2CCNC(C(=O)O)C2)n1. The zero-order valence-electron chi connectivity index (χ0n) is 9.97. The van der Waals surface area contributed by atoms with E-state index in [4.69, 9.17) is 5.11 Å². The highest BCUT2D eigenvalue weighted by atomic mass is 16.4. The monoisotopic (exact) mass is 236 g/mol. The lowest BCUT2D eigenvalue weighted by atomic mass is 10.2. The third-order valence-corrected chi connectivity index (χ3v) is 2.73. The van der Waals surface area contributed by atoms with Gasteiger partial charge in [-0.1, -0.05) is 0 Å². The predicted octanol–water partition coefficient (Wildman–Crippen LogP) is -0.0438. The second-order valence-electron chi connectivity index (χ2n) is 4.24. The molecule has 2 heterocycles. The van der Waals surface area contributed by atoms with Crippen LogP contribution in [0.2, 0.25) is 0 Å². The molecule has 0 saturated carbocycles. The van der Waals surface area contributed by atoms with Crippen molar-refractivity contribution in [1.29, 1.82) is 0 Å². The molecular formula is C11H16N4O2. The van der Waals surface area contributed by atoms with Crippen LogP contribution in [-0.4, -0.2) is 46.7 Å². The van der Waals surface area contributed by atoms with Gasteiger partial charge >= 0.3 is 5.97 Å². The van der Waals surface area contributed by atoms with Gasteiger partial charge in [0.1, 0.15) is 6.04 Å². The fraction of sp³-hybridized carbons (Fsp3) is 0.545. The highest BCUT2D eigenvalue weighted by Gasteiger charge is 2.26. The van der Waals surface area contributed by atoms with Gasteiger partial charge in [0, 0.05) is 31.0 Å². The minimum Gasteiger partial charge on any atom is -0.480 e. The van der Waals surface area contributed by atoms with Crippen molar-refractivity contribution in [3.05, 3.63) is 17.5 Å². The van der Waals surface area contributed by atoms with E-state index in [-0.39, 0.29) is 0 Å². The molecule has 0 spiro atoms. The van der Waals surface area contributed by atoms with Crippen molar-refractivity contribution in [2.24, 2.45) is 0 Å². The quantitative estimate of drug-likeness (QED) is 0.750. The normalized spacial score (nSPS) is 20.4. The Morgan fingerprint density at radius 1 is 1.47 bits per heavy atom. The Morgan fingerprint density at radius 3 is 2.71 bits per heavy atom. The van der Waals surface area contributed by atoms with Crippen LogP contribution in [0.3, 0.4) is 0 Å². The van der Waals surface area contributed by atoms with Crippen LogP contribution in [0, 0.1) is 13.8 Å². The molecule has 0 aliphatic carbocycles. The van der Waals surface area contributed by atoms with Gasteiger partial charge in [-0.15, -0.1) is 0 Å². The number of hydrogen-bond donors (Lipinski definition) is 2. The average molecular weight is 236 g/mol. The Morgan fingerprint density at radius 2 is 2.12 bits per heavy atom. The van der Waals surface area contributed by atoms with E-state index in [0.717, 1.165) is 17.9 Å². The molecular weight excluding hydrogens is 220 g/mol. The van der Waals surface area contributed by atoms with Crippen molar-refractivity contribution in [1.82, 2.24) is 15.3 Å². The van der Waals surface area contributed by atoms with Gasteiger partial charge in [-0.05, 0) is 19.9 Å². The van der Waals surface area contributed by atoms with Gasteiger partial charge in [-0.25, -0.2) is 9.97 Å². The molecule has 92 valence electrons. The van der Waals surface area contributed by atoms with Crippen LogP contribution in [0.1, 0.15) is 11.4 Å². The van der Waals surface area contributed by atoms with Crippen molar-refractivity contribution < 1.29 is 9.90 Å². The molecule has 17 heavy (non-hydrogen) atoms. The summed E-state index contributed by atoms with van der Waals surface area (Å²) in [5.41, 5.74) is 1.80. The van der Waals surface area contributed by atoms with Crippen LogP contribution in [0.15, 0.2) is 6.07 Å². The number of anilines is 1. The number of rotatable bonds is 2. The number of nitrogens with zero attached hydrogens (tertiary/aromatic N) is 3. The number of aryl methyl sites for hydroxylation is 2. The smallest absolute Gasteiger partial charge is 0.322 e. The molecule has 6 nitrogen and oxygen atoms in total. The minimum atomic E-state index is -0.834. The van der Waals surface area contributed by atoms with Crippen molar-refractivity contribution in [3.8, 4) is 0 Å². The summed E-state index contributed by atoms with van der Waals surface area (Å²) in [6, 6.07) is 1.36. The van der Waals surface area contributed by atoms with Gasteiger partial charge in [0.05, 0.1) is 0 Å². The molecule has 1 saturated heterocycles. The third kappa shape index (κ3) is 2.71. The number of aliphatic carboxylic acids is 1. The number of carboxylic acids is 1. The van der Waals surface area contributed by atoms with Crippen molar-refractivity contribution in [2.45, 2.75) is 19.9 Å². The largest absolute Gasteiger partial charge is 0.480 e. The molecule has 0 aromatic carbocycles. The lowest BCUT2D eigenvalue weighted by Crippen LogP contribution is -2.54. The van der Waals surface area contributed by atoms with Crippen LogP contribution in [0.25, 0.3) is 0 Å². The molecule has 6 heteroatoms. The first kappa shape index (κ1) is 11.8. The first-order chi connectivity index (χ1) is 8.06. The summed E-state index contributed by atoms with van der Waals surface area (Å²) in [6.07, 6.45) is 0. The Balaban J connectivity index is 2.18. The molecule has 1 aromatic heterocycles. The Bertz CT molecular complexity index is 415. The van der Waals surface area contributed by atoms with Crippen LogP contribution in [0.5, 0.6) is 0 Å². The van der Waals surface area contributed by atoms with Crippen LogP contribution < -0.4 is 10.2 Å². The molecule has 0 radical (unpaired) electrons. The zero-order chi connectivity index (χ0) is 12.4. The summed E-state index contributed by atoms with van der Waals surface area (Å²) >= 11 is 0. The molecule has 2 N–H and O–H groups in total. The summed E-state index contributed by atoms with van der Waals surface area (Å²) in [4.78, 5) is 21.5. The van der Waals surface area contributed by atoms with E-state index in [2.05, 4.69) is 15.3 Å². The number of piperazine rings is 1. The summed E-state index contributed by atoms with van der Waals surface area (Å²) in [5.74, 6) is -0.214. The summed E-state index contributed by atoms with van der Waals surface area (Å²) < 4.78 is 0. The van der Waals surface area contributed by atoms with Gasteiger partial charge in [0.25, 0.3) is 0 Å². The molecule has 1 aromatic rings. The highest BCUT2D eigenvalue weighted by molar-refractivity contribution is 5.74. The van der Waals surface area contributed by atoms with E-state index >= 15 is 0 Å². The summed E-state index contributed by atoms with van der Waals surface area (Å²) in [6.45, 7) is 5.59. The van der Waals surface area contributed by atoms with Gasteiger partial charge < -0.3 is 15.3 Å². The molecule has 1 atom stereocenters. The van der Waals surface area contributed by atoms with Gasteiger partial charge in [-0.2, -0.15) is 0 Å². The lowest BCUT2D eigenvalue weighted by Gasteiger charge is -2.31. The fourth-order valence-corrected chi connectivity index (χ4v) is 1.95. The van der Waals surface area contributed by atoms with Crippen LogP contribution in [0.4, 0.5) is 5.95 Å². The molecule has 1 fully saturated rings. The number of nitrogens with one attached hydrogen (secondary N) is 1. The number of aromatic nitrogens is 2.